The van der Waals surface area contributed by atoms with Gasteiger partial charge in [0.2, 0.25) is 0 Å². The van der Waals surface area contributed by atoms with Crippen LogP contribution in [0.2, 0.25) is 0 Å². The predicted octanol–water partition coefficient (Wildman–Crippen LogP) is 1.59. The van der Waals surface area contributed by atoms with Crippen LogP contribution >= 0.6 is 10.7 Å². The molecule has 0 bridgehead atoms. The first-order valence-corrected chi connectivity index (χ1v) is 3.82. The Hall–Kier alpha value is -0.230. The van der Waals surface area contributed by atoms with E-state index in [1.807, 2.05) is 0 Å². The Bertz CT molecular complexity index is 226. The second kappa shape index (κ2) is 2.57. The highest BCUT2D eigenvalue weighted by atomic mass is 35.7. The van der Waals surface area contributed by atoms with E-state index in [4.69, 9.17) is 0 Å². The first kappa shape index (κ1) is 8.77. The molecule has 2 nitrogen and oxygen atoms in total. The van der Waals surface area contributed by atoms with Crippen molar-refractivity contribution in [1.82, 2.24) is 0 Å². The quantitative estimate of drug-likeness (QED) is 0.575. The van der Waals surface area contributed by atoms with Gasteiger partial charge in [-0.1, -0.05) is 0 Å². The molecule has 9 heavy (non-hydrogen) atoms. The molecule has 0 aliphatic rings. The summed E-state index contributed by atoms with van der Waals surface area (Å²) in [6.07, 6.45) is -2.94. The number of halogens is 4. The third-order valence-electron chi connectivity index (χ3n) is 0.363. The molecular formula is C2ClF3O2S. The fraction of sp³-hybridized carbons (Fsp3) is 0. The van der Waals surface area contributed by atoms with Crippen molar-refractivity contribution < 1.29 is 21.6 Å². The molecular weight excluding hydrogens is 181 g/mol. The number of hydrogen-bond acceptors (Lipinski definition) is 2. The van der Waals surface area contributed by atoms with E-state index in [1.165, 1.54) is 0 Å². The van der Waals surface area contributed by atoms with E-state index in [0.717, 1.165) is 0 Å². The van der Waals surface area contributed by atoms with Crippen LogP contribution in [0.25, 0.3) is 0 Å². The summed E-state index contributed by atoms with van der Waals surface area (Å²) in [5.74, 6) is 0. The molecule has 0 rings (SSSR count). The van der Waals surface area contributed by atoms with Crippen LogP contribution in [0.15, 0.2) is 11.2 Å². The minimum Gasteiger partial charge on any atom is -0.204 e. The highest BCUT2D eigenvalue weighted by Crippen LogP contribution is 2.19. The van der Waals surface area contributed by atoms with Crippen molar-refractivity contribution >= 4 is 19.7 Å². The Kier molecular flexibility index (Phi) is 2.50. The summed E-state index contributed by atoms with van der Waals surface area (Å²) < 4.78 is 52.6. The maximum Gasteiger partial charge on any atom is 0.318 e. The van der Waals surface area contributed by atoms with Gasteiger partial charge in [0.25, 0.3) is 14.2 Å². The van der Waals surface area contributed by atoms with Gasteiger partial charge in [-0.25, -0.2) is 8.42 Å². The normalized spacial score (nSPS) is 11.1. The van der Waals surface area contributed by atoms with Gasteiger partial charge in [-0.15, -0.1) is 0 Å². The summed E-state index contributed by atoms with van der Waals surface area (Å²) in [7, 11) is -0.729. The lowest BCUT2D eigenvalue weighted by molar-refractivity contribution is 0.391. The van der Waals surface area contributed by atoms with Gasteiger partial charge in [-0.05, 0) is 0 Å². The topological polar surface area (TPSA) is 34.1 Å². The molecule has 54 valence electrons. The first-order valence-electron chi connectivity index (χ1n) is 1.51. The van der Waals surface area contributed by atoms with Gasteiger partial charge in [-0.2, -0.15) is 13.2 Å². The van der Waals surface area contributed by atoms with Crippen LogP contribution < -0.4 is 0 Å². The van der Waals surface area contributed by atoms with Crippen molar-refractivity contribution in [3.63, 3.8) is 0 Å². The van der Waals surface area contributed by atoms with E-state index < -0.39 is 20.3 Å². The number of hydrogen-bond donors (Lipinski definition) is 0. The Labute approximate surface area is 53.3 Å². The third-order valence-corrected chi connectivity index (χ3v) is 1.35. The summed E-state index contributed by atoms with van der Waals surface area (Å²) >= 11 is 0. The van der Waals surface area contributed by atoms with Crippen LogP contribution in [0.3, 0.4) is 0 Å². The molecule has 0 unspecified atom stereocenters. The Balaban J connectivity index is 4.86. The van der Waals surface area contributed by atoms with Gasteiger partial charge >= 0.3 is 6.08 Å². The molecule has 0 heterocycles. The molecule has 0 saturated carbocycles. The monoisotopic (exact) mass is 180 g/mol. The Morgan fingerprint density at radius 1 is 1.22 bits per heavy atom. The molecule has 0 aromatic carbocycles. The van der Waals surface area contributed by atoms with Gasteiger partial charge in [0.15, 0.2) is 0 Å². The van der Waals surface area contributed by atoms with E-state index in [2.05, 4.69) is 10.7 Å². The highest BCUT2D eigenvalue weighted by molar-refractivity contribution is 8.16. The summed E-state index contributed by atoms with van der Waals surface area (Å²) in [5.41, 5.74) is 0. The van der Waals surface area contributed by atoms with Crippen LogP contribution in [-0.4, -0.2) is 8.42 Å². The average molecular weight is 181 g/mol. The fourth-order valence-electron chi connectivity index (χ4n) is 0.0922. The zero-order valence-electron chi connectivity index (χ0n) is 3.74. The molecule has 0 saturated heterocycles. The van der Waals surface area contributed by atoms with Crippen LogP contribution in [0.5, 0.6) is 0 Å². The smallest absolute Gasteiger partial charge is 0.204 e. The average Bonchev–Trinajstić information content (AvgIpc) is 1.62. The second-order valence-electron chi connectivity index (χ2n) is 0.972. The molecule has 0 amide bonds. The van der Waals surface area contributed by atoms with E-state index in [1.54, 1.807) is 0 Å². The van der Waals surface area contributed by atoms with Crippen molar-refractivity contribution in [3.8, 4) is 0 Å². The molecule has 0 radical (unpaired) electrons. The summed E-state index contributed by atoms with van der Waals surface area (Å²) in [4.78, 5) is 0. The van der Waals surface area contributed by atoms with Crippen molar-refractivity contribution in [3.05, 3.63) is 11.2 Å². The molecule has 0 aliphatic carbocycles. The van der Waals surface area contributed by atoms with Crippen LogP contribution in [0.4, 0.5) is 13.2 Å². The van der Waals surface area contributed by atoms with E-state index in [9.17, 15) is 21.6 Å². The van der Waals surface area contributed by atoms with Gasteiger partial charge in [0.05, 0.1) is 0 Å². The largest absolute Gasteiger partial charge is 0.318 e. The minimum absolute atomic E-state index is 2.59. The molecule has 0 spiro atoms. The SMILES string of the molecule is O=S(=O)(Cl)C(F)=C(F)F. The van der Waals surface area contributed by atoms with Crippen molar-refractivity contribution in [2.45, 2.75) is 0 Å². The zero-order valence-corrected chi connectivity index (χ0v) is 5.31. The van der Waals surface area contributed by atoms with Gasteiger partial charge < -0.3 is 0 Å². The van der Waals surface area contributed by atoms with E-state index in [-0.39, 0.29) is 0 Å². The third kappa shape index (κ3) is 2.71. The lowest BCUT2D eigenvalue weighted by atomic mass is 11.1. The van der Waals surface area contributed by atoms with Gasteiger partial charge in [0.1, 0.15) is 0 Å². The lowest BCUT2D eigenvalue weighted by Gasteiger charge is -1.84. The molecule has 0 aromatic rings. The highest BCUT2D eigenvalue weighted by Gasteiger charge is 2.19. The molecule has 0 atom stereocenters. The molecule has 0 N–H and O–H groups in total. The molecule has 0 fully saturated rings. The van der Waals surface area contributed by atoms with Crippen LogP contribution in [0.1, 0.15) is 0 Å². The van der Waals surface area contributed by atoms with Crippen molar-refractivity contribution in [2.75, 3.05) is 0 Å². The molecule has 0 aliphatic heterocycles. The van der Waals surface area contributed by atoms with Gasteiger partial charge in [-0.3, -0.25) is 0 Å². The summed E-state index contributed by atoms with van der Waals surface area (Å²) in [5, 5.41) is -2.59. The molecule has 7 heteroatoms. The number of rotatable bonds is 1. The second-order valence-corrected chi connectivity index (χ2v) is 3.42. The fourth-order valence-corrected chi connectivity index (χ4v) is 0.451. The predicted molar refractivity (Wildman–Crippen MR) is 25.1 cm³/mol. The maximum absolute atomic E-state index is 11.4. The Morgan fingerprint density at radius 2 is 1.56 bits per heavy atom. The summed E-state index contributed by atoms with van der Waals surface area (Å²) in [6.45, 7) is 0. The zero-order chi connectivity index (χ0) is 7.65. The maximum atomic E-state index is 11.4. The van der Waals surface area contributed by atoms with Gasteiger partial charge in [0, 0.05) is 10.7 Å². The van der Waals surface area contributed by atoms with E-state index in [0.29, 0.717) is 0 Å². The van der Waals surface area contributed by atoms with Crippen molar-refractivity contribution in [1.29, 1.82) is 0 Å². The van der Waals surface area contributed by atoms with E-state index >= 15 is 0 Å². The lowest BCUT2D eigenvalue weighted by Crippen LogP contribution is -1.88. The first-order chi connectivity index (χ1) is 3.85. The van der Waals surface area contributed by atoms with Crippen molar-refractivity contribution in [2.24, 2.45) is 0 Å². The van der Waals surface area contributed by atoms with Crippen LogP contribution in [0, 0.1) is 0 Å². The minimum atomic E-state index is -4.87. The van der Waals surface area contributed by atoms with Crippen LogP contribution in [-0.2, 0) is 9.05 Å². The standard InChI is InChI=1S/C2ClF3O2S/c3-9(7,8)2(6)1(4)5. The Morgan fingerprint density at radius 3 is 1.56 bits per heavy atom. The molecule has 0 aromatic heterocycles. The summed E-state index contributed by atoms with van der Waals surface area (Å²) in [6, 6.07) is 0.